The molecule has 4 aromatic rings. The first kappa shape index (κ1) is 23.1. The van der Waals surface area contributed by atoms with Gasteiger partial charge in [0, 0.05) is 48.8 Å². The third-order valence-electron chi connectivity index (χ3n) is 7.27. The van der Waals surface area contributed by atoms with Gasteiger partial charge in [0.05, 0.1) is 23.3 Å². The molecule has 0 spiro atoms. The Morgan fingerprint density at radius 2 is 1.92 bits per heavy atom. The molecule has 1 atom stereocenters. The van der Waals surface area contributed by atoms with Crippen molar-refractivity contribution in [2.45, 2.75) is 32.2 Å². The minimum Gasteiger partial charge on any atom is -0.364 e. The zero-order valence-corrected chi connectivity index (χ0v) is 20.2. The molecule has 0 saturated carbocycles. The summed E-state index contributed by atoms with van der Waals surface area (Å²) in [5.74, 6) is -1.25. The summed E-state index contributed by atoms with van der Waals surface area (Å²) < 4.78 is 30.1. The van der Waals surface area contributed by atoms with Crippen LogP contribution in [0.4, 0.5) is 25.8 Å². The monoisotopic (exact) mass is 501 g/mol. The summed E-state index contributed by atoms with van der Waals surface area (Å²) in [6, 6.07) is 12.6. The van der Waals surface area contributed by atoms with Crippen molar-refractivity contribution in [2.75, 3.05) is 28.2 Å². The van der Waals surface area contributed by atoms with Crippen LogP contribution in [0.2, 0.25) is 0 Å². The quantitative estimate of drug-likeness (QED) is 0.422. The van der Waals surface area contributed by atoms with Gasteiger partial charge in [0.25, 0.3) is 5.91 Å². The summed E-state index contributed by atoms with van der Waals surface area (Å²) in [6.45, 7) is 2.86. The molecule has 2 aromatic heterocycles. The zero-order chi connectivity index (χ0) is 25.7. The number of hydrogen-bond acceptors (Lipinski definition) is 4. The van der Waals surface area contributed by atoms with Crippen molar-refractivity contribution in [1.29, 1.82) is 0 Å². The molecule has 0 bridgehead atoms. The van der Waals surface area contributed by atoms with Crippen molar-refractivity contribution >= 4 is 34.4 Å². The largest absolute Gasteiger partial charge is 0.364 e. The van der Waals surface area contributed by atoms with Crippen molar-refractivity contribution in [3.63, 3.8) is 0 Å². The fraction of sp³-hybridized carbons (Fsp3) is 0.250. The third kappa shape index (κ3) is 4.10. The van der Waals surface area contributed by atoms with E-state index in [9.17, 15) is 18.4 Å². The van der Waals surface area contributed by atoms with E-state index in [0.29, 0.717) is 41.8 Å². The molecule has 2 aliphatic heterocycles. The number of halogens is 2. The van der Waals surface area contributed by atoms with Crippen molar-refractivity contribution in [1.82, 2.24) is 9.61 Å². The standard InChI is InChI=1S/C28H25F2N5O2/c1-17(36)33-11-8-18-4-6-20(14-26(18)33)32-28(37)23-16-31-35-12-9-21(15-27(23)35)34-10-2-3-25(34)22-13-19(29)5-7-24(22)30/h4-7,9,12-16,25H,2-3,8,10-11H2,1H3,(H,32,37). The Kier molecular flexibility index (Phi) is 5.62. The molecule has 4 heterocycles. The summed E-state index contributed by atoms with van der Waals surface area (Å²) in [6.07, 6.45) is 5.61. The van der Waals surface area contributed by atoms with E-state index in [-0.39, 0.29) is 17.9 Å². The SMILES string of the molecule is CC(=O)N1CCc2ccc(NC(=O)c3cnn4ccc(N5CCCC5c5cc(F)ccc5F)cc34)cc21. The Hall–Kier alpha value is -4.27. The van der Waals surface area contributed by atoms with Gasteiger partial charge in [-0.2, -0.15) is 5.10 Å². The van der Waals surface area contributed by atoms with Crippen LogP contribution in [0.3, 0.4) is 0 Å². The first-order chi connectivity index (χ1) is 17.9. The number of benzene rings is 2. The Labute approximate surface area is 212 Å². The van der Waals surface area contributed by atoms with Crippen LogP contribution in [0.1, 0.15) is 47.3 Å². The van der Waals surface area contributed by atoms with E-state index in [4.69, 9.17) is 0 Å². The lowest BCUT2D eigenvalue weighted by Gasteiger charge is -2.27. The van der Waals surface area contributed by atoms with Gasteiger partial charge in [0.15, 0.2) is 0 Å². The second-order valence-corrected chi connectivity index (χ2v) is 9.51. The third-order valence-corrected chi connectivity index (χ3v) is 7.27. The highest BCUT2D eigenvalue weighted by Crippen LogP contribution is 2.38. The highest BCUT2D eigenvalue weighted by Gasteiger charge is 2.29. The molecule has 7 nitrogen and oxygen atoms in total. The summed E-state index contributed by atoms with van der Waals surface area (Å²) in [4.78, 5) is 29.0. The van der Waals surface area contributed by atoms with E-state index in [0.717, 1.165) is 35.8 Å². The maximum absolute atomic E-state index is 14.6. The molecule has 6 rings (SSSR count). The topological polar surface area (TPSA) is 70.0 Å². The van der Waals surface area contributed by atoms with Gasteiger partial charge in [-0.05, 0) is 67.3 Å². The average molecular weight is 502 g/mol. The number of hydrogen-bond donors (Lipinski definition) is 1. The molecule has 0 aliphatic carbocycles. The number of rotatable bonds is 4. The molecule has 1 saturated heterocycles. The van der Waals surface area contributed by atoms with Crippen LogP contribution < -0.4 is 15.1 Å². The van der Waals surface area contributed by atoms with Crippen LogP contribution >= 0.6 is 0 Å². The maximum atomic E-state index is 14.6. The Morgan fingerprint density at radius 3 is 2.76 bits per heavy atom. The van der Waals surface area contributed by atoms with Gasteiger partial charge < -0.3 is 15.1 Å². The van der Waals surface area contributed by atoms with Gasteiger partial charge in [-0.3, -0.25) is 9.59 Å². The molecule has 37 heavy (non-hydrogen) atoms. The first-order valence-corrected chi connectivity index (χ1v) is 12.3. The van der Waals surface area contributed by atoms with Crippen LogP contribution in [0.25, 0.3) is 5.52 Å². The lowest BCUT2D eigenvalue weighted by molar-refractivity contribution is -0.116. The smallest absolute Gasteiger partial charge is 0.259 e. The minimum absolute atomic E-state index is 0.0317. The molecule has 188 valence electrons. The maximum Gasteiger partial charge on any atom is 0.259 e. The zero-order valence-electron chi connectivity index (χ0n) is 20.2. The number of aromatic nitrogens is 2. The summed E-state index contributed by atoms with van der Waals surface area (Å²) >= 11 is 0. The van der Waals surface area contributed by atoms with E-state index in [1.807, 2.05) is 35.2 Å². The highest BCUT2D eigenvalue weighted by molar-refractivity contribution is 6.09. The van der Waals surface area contributed by atoms with Gasteiger partial charge in [0.2, 0.25) is 5.91 Å². The molecule has 1 unspecified atom stereocenters. The summed E-state index contributed by atoms with van der Waals surface area (Å²) in [7, 11) is 0. The lowest BCUT2D eigenvalue weighted by Crippen LogP contribution is -2.25. The normalized spacial score (nSPS) is 16.9. The van der Waals surface area contributed by atoms with Crippen LogP contribution in [0.5, 0.6) is 0 Å². The van der Waals surface area contributed by atoms with E-state index in [2.05, 4.69) is 10.4 Å². The van der Waals surface area contributed by atoms with Crippen molar-refractivity contribution in [3.8, 4) is 0 Å². The molecule has 2 amide bonds. The molecule has 1 N–H and O–H groups in total. The fourth-order valence-electron chi connectivity index (χ4n) is 5.47. The van der Waals surface area contributed by atoms with Crippen LogP contribution in [-0.4, -0.2) is 34.5 Å². The second kappa shape index (κ2) is 8.99. The van der Waals surface area contributed by atoms with Gasteiger partial charge in [-0.1, -0.05) is 6.07 Å². The average Bonchev–Trinajstić information content (AvgIpc) is 3.62. The second-order valence-electron chi connectivity index (χ2n) is 9.51. The van der Waals surface area contributed by atoms with Crippen LogP contribution in [0.15, 0.2) is 60.9 Å². The molecular weight excluding hydrogens is 476 g/mol. The van der Waals surface area contributed by atoms with E-state index >= 15 is 0 Å². The number of fused-ring (bicyclic) bond motifs is 2. The number of anilines is 3. The summed E-state index contributed by atoms with van der Waals surface area (Å²) in [5.41, 5.74) is 4.61. The molecule has 9 heteroatoms. The van der Waals surface area contributed by atoms with Gasteiger partial charge >= 0.3 is 0 Å². The first-order valence-electron chi connectivity index (χ1n) is 12.3. The molecule has 1 fully saturated rings. The van der Waals surface area contributed by atoms with Crippen LogP contribution in [0, 0.1) is 11.6 Å². The highest BCUT2D eigenvalue weighted by atomic mass is 19.1. The molecule has 0 radical (unpaired) electrons. The fourth-order valence-corrected chi connectivity index (χ4v) is 5.47. The summed E-state index contributed by atoms with van der Waals surface area (Å²) in [5, 5.41) is 7.25. The van der Waals surface area contributed by atoms with E-state index in [1.165, 1.54) is 25.3 Å². The van der Waals surface area contributed by atoms with Crippen molar-refractivity contribution in [3.05, 3.63) is 89.2 Å². The Bertz CT molecular complexity index is 1550. The van der Waals surface area contributed by atoms with E-state index in [1.54, 1.807) is 15.6 Å². The number of nitrogens with one attached hydrogen (secondary N) is 1. The van der Waals surface area contributed by atoms with Crippen LogP contribution in [-0.2, 0) is 11.2 Å². The number of nitrogens with zero attached hydrogens (tertiary/aromatic N) is 4. The van der Waals surface area contributed by atoms with Gasteiger partial charge in [-0.15, -0.1) is 0 Å². The minimum atomic E-state index is -0.466. The van der Waals surface area contributed by atoms with Crippen molar-refractivity contribution < 1.29 is 18.4 Å². The number of carbonyl (C=O) groups excluding carboxylic acids is 2. The number of pyridine rings is 1. The number of carbonyl (C=O) groups is 2. The molecular formula is C28H25F2N5O2. The Morgan fingerprint density at radius 1 is 1.05 bits per heavy atom. The predicted molar refractivity (Wildman–Crippen MR) is 137 cm³/mol. The van der Waals surface area contributed by atoms with Crippen molar-refractivity contribution in [2.24, 2.45) is 0 Å². The molecule has 2 aromatic carbocycles. The van der Waals surface area contributed by atoms with Gasteiger partial charge in [-0.25, -0.2) is 13.3 Å². The van der Waals surface area contributed by atoms with Gasteiger partial charge in [0.1, 0.15) is 11.6 Å². The predicted octanol–water partition coefficient (Wildman–Crippen LogP) is 5.12. The molecule has 2 aliphatic rings. The van der Waals surface area contributed by atoms with E-state index < -0.39 is 11.6 Å². The Balaban J connectivity index is 1.29. The number of amides is 2. The lowest BCUT2D eigenvalue weighted by atomic mass is 10.0.